The van der Waals surface area contributed by atoms with Gasteiger partial charge in [0.15, 0.2) is 0 Å². The van der Waals surface area contributed by atoms with Crippen LogP contribution in [-0.4, -0.2) is 64.1 Å². The van der Waals surface area contributed by atoms with Crippen molar-refractivity contribution < 1.29 is 40.4 Å². The molecule has 0 aromatic heterocycles. The molecule has 2 saturated heterocycles. The Hall–Kier alpha value is -3.25. The molecule has 0 spiro atoms. The van der Waals surface area contributed by atoms with E-state index in [0.29, 0.717) is 0 Å². The molecule has 0 unspecified atom stereocenters. The van der Waals surface area contributed by atoms with E-state index in [4.69, 9.17) is 9.47 Å². The Morgan fingerprint density at radius 3 is 2.50 bits per heavy atom. The van der Waals surface area contributed by atoms with Gasteiger partial charge < -0.3 is 14.4 Å². The largest absolute Gasteiger partial charge is 0.445 e. The number of cyclic esters (lactones) is 1. The molecule has 2 aromatic carbocycles. The number of benzene rings is 2. The van der Waals surface area contributed by atoms with Crippen LogP contribution in [0, 0.1) is 5.82 Å². The van der Waals surface area contributed by atoms with Crippen molar-refractivity contribution in [3.05, 3.63) is 65.5 Å². The van der Waals surface area contributed by atoms with Crippen LogP contribution in [0.2, 0.25) is 0 Å². The lowest BCUT2D eigenvalue weighted by molar-refractivity contribution is 0.0374. The number of rotatable bonds is 7. The first-order valence-electron chi connectivity index (χ1n) is 11.3. The fourth-order valence-corrected chi connectivity index (χ4v) is 4.58. The SMILES string of the molecule is CS(=O)(=O)OC[C@H]1CN(c2ccc(C3(F)CCN(C(=O)OCc4ccccc4)CC3)c(F)c2)C(=O)O1. The molecular weight excluding hydrogens is 498 g/mol. The number of amides is 2. The maximum atomic E-state index is 15.7. The van der Waals surface area contributed by atoms with Gasteiger partial charge in [0.25, 0.3) is 10.1 Å². The van der Waals surface area contributed by atoms with E-state index in [1.54, 1.807) is 0 Å². The van der Waals surface area contributed by atoms with Crippen molar-refractivity contribution >= 4 is 28.0 Å². The second-order valence-corrected chi connectivity index (χ2v) is 10.4. The van der Waals surface area contributed by atoms with Crippen LogP contribution in [0.4, 0.5) is 24.1 Å². The zero-order valence-electron chi connectivity index (χ0n) is 19.6. The third kappa shape index (κ3) is 6.11. The van der Waals surface area contributed by atoms with E-state index in [1.807, 2.05) is 30.3 Å². The first-order chi connectivity index (χ1) is 17.0. The van der Waals surface area contributed by atoms with Crippen molar-refractivity contribution in [2.24, 2.45) is 0 Å². The predicted molar refractivity (Wildman–Crippen MR) is 125 cm³/mol. The molecule has 0 radical (unpaired) electrons. The molecule has 194 valence electrons. The average molecular weight is 525 g/mol. The normalized spacial score (nSPS) is 19.8. The number of carbonyl (C=O) groups excluding carboxylic acids is 2. The van der Waals surface area contributed by atoms with Crippen molar-refractivity contribution in [1.29, 1.82) is 0 Å². The number of halogens is 2. The Morgan fingerprint density at radius 1 is 1.17 bits per heavy atom. The Bertz CT molecular complexity index is 1220. The van der Waals surface area contributed by atoms with Gasteiger partial charge in [0, 0.05) is 31.5 Å². The second kappa shape index (κ2) is 10.4. The van der Waals surface area contributed by atoms with E-state index < -0.39 is 39.9 Å². The van der Waals surface area contributed by atoms with E-state index in [-0.39, 0.29) is 56.9 Å². The van der Waals surface area contributed by atoms with Gasteiger partial charge in [-0.05, 0) is 17.7 Å². The van der Waals surface area contributed by atoms with E-state index >= 15 is 4.39 Å². The topological polar surface area (TPSA) is 102 Å². The zero-order valence-corrected chi connectivity index (χ0v) is 20.4. The summed E-state index contributed by atoms with van der Waals surface area (Å²) in [6.07, 6.45) is -1.55. The Morgan fingerprint density at radius 2 is 1.86 bits per heavy atom. The number of carbonyl (C=O) groups is 2. The molecule has 36 heavy (non-hydrogen) atoms. The summed E-state index contributed by atoms with van der Waals surface area (Å²) in [7, 11) is -3.71. The summed E-state index contributed by atoms with van der Waals surface area (Å²) in [5.41, 5.74) is -1.17. The van der Waals surface area contributed by atoms with Crippen LogP contribution < -0.4 is 4.90 Å². The first-order valence-corrected chi connectivity index (χ1v) is 13.1. The molecule has 0 N–H and O–H groups in total. The summed E-state index contributed by atoms with van der Waals surface area (Å²) in [4.78, 5) is 27.0. The summed E-state index contributed by atoms with van der Waals surface area (Å²) in [6.45, 7) is -0.182. The third-order valence-corrected chi connectivity index (χ3v) is 6.67. The summed E-state index contributed by atoms with van der Waals surface area (Å²) >= 11 is 0. The van der Waals surface area contributed by atoms with Gasteiger partial charge in [-0.15, -0.1) is 0 Å². The molecule has 2 aromatic rings. The minimum Gasteiger partial charge on any atom is -0.445 e. The molecule has 0 saturated carbocycles. The Balaban J connectivity index is 1.35. The van der Waals surface area contributed by atoms with Crippen LogP contribution >= 0.6 is 0 Å². The average Bonchev–Trinajstić information content (AvgIpc) is 3.22. The van der Waals surface area contributed by atoms with Crippen molar-refractivity contribution in [1.82, 2.24) is 4.90 Å². The van der Waals surface area contributed by atoms with E-state index in [2.05, 4.69) is 4.18 Å². The number of nitrogens with zero attached hydrogens (tertiary/aromatic N) is 2. The molecule has 1 atom stereocenters. The number of likely N-dealkylation sites (tertiary alicyclic amines) is 1. The molecular formula is C24H26F2N2O7S. The van der Waals surface area contributed by atoms with Crippen LogP contribution in [0.15, 0.2) is 48.5 Å². The first kappa shape index (κ1) is 25.8. The molecule has 0 bridgehead atoms. The maximum absolute atomic E-state index is 15.7. The van der Waals surface area contributed by atoms with Gasteiger partial charge in [0.05, 0.1) is 18.5 Å². The molecule has 12 heteroatoms. The Kier molecular flexibility index (Phi) is 7.46. The summed E-state index contributed by atoms with van der Waals surface area (Å²) in [5, 5.41) is 0. The van der Waals surface area contributed by atoms with Crippen LogP contribution in [0.1, 0.15) is 24.0 Å². The fourth-order valence-electron chi connectivity index (χ4n) is 4.18. The van der Waals surface area contributed by atoms with Gasteiger partial charge in [-0.2, -0.15) is 8.42 Å². The number of alkyl halides is 1. The molecule has 9 nitrogen and oxygen atoms in total. The highest BCUT2D eigenvalue weighted by Crippen LogP contribution is 2.39. The van der Waals surface area contributed by atoms with Crippen LogP contribution in [0.25, 0.3) is 0 Å². The fraction of sp³-hybridized carbons (Fsp3) is 0.417. The number of piperidine rings is 1. The summed E-state index contributed by atoms with van der Waals surface area (Å²) in [6, 6.07) is 12.9. The van der Waals surface area contributed by atoms with Gasteiger partial charge in [-0.3, -0.25) is 9.08 Å². The zero-order chi connectivity index (χ0) is 25.9. The lowest BCUT2D eigenvalue weighted by Gasteiger charge is -2.36. The lowest BCUT2D eigenvalue weighted by atomic mass is 9.85. The minimum absolute atomic E-state index is 0.0477. The standard InChI is InChI=1S/C24H26F2N2O7S/c1-36(31,32)34-16-19-14-28(23(30)35-19)18-7-8-20(21(25)13-18)24(26)9-11-27(12-10-24)22(29)33-15-17-5-3-2-4-6-17/h2-8,13,19H,9-12,14-16H2,1H3/t19-/m1/s1. The lowest BCUT2D eigenvalue weighted by Crippen LogP contribution is -2.43. The smallest absolute Gasteiger partial charge is 0.414 e. The van der Waals surface area contributed by atoms with E-state index in [0.717, 1.165) is 22.8 Å². The van der Waals surface area contributed by atoms with Crippen molar-refractivity contribution in [2.45, 2.75) is 31.2 Å². The highest BCUT2D eigenvalue weighted by Gasteiger charge is 2.41. The molecule has 2 aliphatic heterocycles. The quantitative estimate of drug-likeness (QED) is 0.509. The molecule has 0 aliphatic carbocycles. The van der Waals surface area contributed by atoms with E-state index in [1.165, 1.54) is 17.0 Å². The molecule has 2 heterocycles. The van der Waals surface area contributed by atoms with Gasteiger partial charge in [0.1, 0.15) is 30.8 Å². The summed E-state index contributed by atoms with van der Waals surface area (Å²) < 4.78 is 68.0. The highest BCUT2D eigenvalue weighted by molar-refractivity contribution is 7.85. The van der Waals surface area contributed by atoms with Gasteiger partial charge in [0.2, 0.25) is 0 Å². The second-order valence-electron chi connectivity index (χ2n) is 8.76. The number of hydrogen-bond donors (Lipinski definition) is 0. The number of ether oxygens (including phenoxy) is 2. The molecule has 4 rings (SSSR count). The predicted octanol–water partition coefficient (Wildman–Crippen LogP) is 3.72. The highest BCUT2D eigenvalue weighted by atomic mass is 32.2. The third-order valence-electron chi connectivity index (χ3n) is 6.11. The Labute approximate surface area is 207 Å². The molecule has 2 fully saturated rings. The van der Waals surface area contributed by atoms with Crippen molar-refractivity contribution in [3.63, 3.8) is 0 Å². The van der Waals surface area contributed by atoms with Crippen LogP contribution in [-0.2, 0) is 36.1 Å². The van der Waals surface area contributed by atoms with Gasteiger partial charge in [-0.25, -0.2) is 18.4 Å². The van der Waals surface area contributed by atoms with Crippen LogP contribution in [0.5, 0.6) is 0 Å². The minimum atomic E-state index is -3.71. The van der Waals surface area contributed by atoms with Crippen LogP contribution in [0.3, 0.4) is 0 Å². The molecule has 2 aliphatic rings. The van der Waals surface area contributed by atoms with Gasteiger partial charge in [-0.1, -0.05) is 36.4 Å². The van der Waals surface area contributed by atoms with Gasteiger partial charge >= 0.3 is 12.2 Å². The number of hydrogen-bond acceptors (Lipinski definition) is 7. The monoisotopic (exact) mass is 524 g/mol. The van der Waals surface area contributed by atoms with Crippen molar-refractivity contribution in [3.8, 4) is 0 Å². The maximum Gasteiger partial charge on any atom is 0.414 e. The van der Waals surface area contributed by atoms with Crippen molar-refractivity contribution in [2.75, 3.05) is 37.4 Å². The van der Waals surface area contributed by atoms with E-state index in [9.17, 15) is 22.4 Å². The number of anilines is 1. The molecule has 2 amide bonds. The summed E-state index contributed by atoms with van der Waals surface area (Å²) in [5.74, 6) is -0.834.